The van der Waals surface area contributed by atoms with Crippen LogP contribution in [0.2, 0.25) is 0 Å². The summed E-state index contributed by atoms with van der Waals surface area (Å²) in [5, 5.41) is 0.570. The van der Waals surface area contributed by atoms with Gasteiger partial charge in [-0.25, -0.2) is 4.79 Å². The zero-order valence-corrected chi connectivity index (χ0v) is 15.4. The van der Waals surface area contributed by atoms with E-state index in [2.05, 4.69) is 4.98 Å². The Kier molecular flexibility index (Phi) is 4.04. The van der Waals surface area contributed by atoms with Gasteiger partial charge in [-0.15, -0.1) is 0 Å². The Morgan fingerprint density at radius 3 is 2.24 bits per heavy atom. The number of benzene rings is 2. The predicted octanol–water partition coefficient (Wildman–Crippen LogP) is 2.80. The number of fused-ring (bicyclic) bond motifs is 2. The lowest BCUT2D eigenvalue weighted by Gasteiger charge is -2.29. The molecule has 0 spiro atoms. The lowest BCUT2D eigenvalue weighted by molar-refractivity contribution is -0.174. The van der Waals surface area contributed by atoms with Crippen molar-refractivity contribution in [2.75, 3.05) is 18.0 Å². The van der Waals surface area contributed by atoms with E-state index in [9.17, 15) is 14.4 Å². The minimum atomic E-state index is -0.608. The number of amides is 2. The van der Waals surface area contributed by atoms with Crippen molar-refractivity contribution in [3.05, 3.63) is 59.7 Å². The molecule has 8 nitrogen and oxygen atoms in total. The number of anilines is 1. The van der Waals surface area contributed by atoms with Crippen LogP contribution in [0.25, 0.3) is 11.1 Å². The van der Waals surface area contributed by atoms with Crippen LogP contribution < -0.4 is 4.90 Å². The van der Waals surface area contributed by atoms with Crippen molar-refractivity contribution < 1.29 is 23.6 Å². The number of hydroxylamine groups is 2. The summed E-state index contributed by atoms with van der Waals surface area (Å²) in [5.41, 5.74) is 2.00. The molecule has 0 aliphatic carbocycles. The van der Waals surface area contributed by atoms with Crippen molar-refractivity contribution in [2.24, 2.45) is 5.92 Å². The summed E-state index contributed by atoms with van der Waals surface area (Å²) in [6, 6.07) is 14.5. The van der Waals surface area contributed by atoms with Gasteiger partial charge in [-0.2, -0.15) is 4.98 Å². The molecule has 1 fully saturated rings. The maximum atomic E-state index is 12.6. The minimum absolute atomic E-state index is 0.246. The maximum Gasteiger partial charge on any atom is 0.336 e. The molecule has 0 saturated carbocycles. The van der Waals surface area contributed by atoms with Crippen LogP contribution in [-0.4, -0.2) is 40.9 Å². The molecule has 2 aliphatic heterocycles. The molecule has 0 bridgehead atoms. The number of imide groups is 1. The van der Waals surface area contributed by atoms with Gasteiger partial charge in [-0.1, -0.05) is 29.3 Å². The van der Waals surface area contributed by atoms with Crippen molar-refractivity contribution in [2.45, 2.75) is 12.8 Å². The van der Waals surface area contributed by atoms with Crippen LogP contribution in [-0.2, 0) is 9.63 Å². The molecule has 5 rings (SSSR count). The molecule has 2 aromatic carbocycles. The van der Waals surface area contributed by atoms with E-state index in [1.807, 2.05) is 29.2 Å². The minimum Gasteiger partial charge on any atom is -0.423 e. The normalized spacial score (nSPS) is 17.1. The number of piperidine rings is 1. The van der Waals surface area contributed by atoms with Crippen LogP contribution in [0.1, 0.15) is 33.6 Å². The van der Waals surface area contributed by atoms with E-state index in [1.165, 1.54) is 0 Å². The van der Waals surface area contributed by atoms with Crippen molar-refractivity contribution in [1.82, 2.24) is 10.0 Å². The van der Waals surface area contributed by atoms with E-state index in [1.54, 1.807) is 24.3 Å². The van der Waals surface area contributed by atoms with E-state index in [0.717, 1.165) is 11.1 Å². The van der Waals surface area contributed by atoms with Gasteiger partial charge in [0.2, 0.25) is 0 Å². The van der Waals surface area contributed by atoms with Crippen LogP contribution in [0.15, 0.2) is 52.9 Å². The third kappa shape index (κ3) is 2.93. The van der Waals surface area contributed by atoms with Crippen LogP contribution >= 0.6 is 0 Å². The predicted molar refractivity (Wildman–Crippen MR) is 102 cm³/mol. The Hall–Kier alpha value is -3.68. The summed E-state index contributed by atoms with van der Waals surface area (Å²) in [7, 11) is 0. The molecule has 1 aromatic heterocycles. The lowest BCUT2D eigenvalue weighted by atomic mass is 9.97. The van der Waals surface area contributed by atoms with Gasteiger partial charge in [-0.3, -0.25) is 9.59 Å². The highest BCUT2D eigenvalue weighted by molar-refractivity contribution is 6.20. The molecule has 29 heavy (non-hydrogen) atoms. The Balaban J connectivity index is 1.23. The Labute approximate surface area is 165 Å². The van der Waals surface area contributed by atoms with Gasteiger partial charge in [0.15, 0.2) is 5.58 Å². The molecule has 3 aromatic rings. The van der Waals surface area contributed by atoms with Crippen LogP contribution in [0.5, 0.6) is 0 Å². The van der Waals surface area contributed by atoms with E-state index >= 15 is 0 Å². The Bertz CT molecular complexity index is 1060. The number of rotatable bonds is 3. The first-order valence-corrected chi connectivity index (χ1v) is 9.42. The number of nitrogens with zero attached hydrogens (tertiary/aromatic N) is 3. The molecule has 8 heteroatoms. The molecule has 0 radical (unpaired) electrons. The molecule has 2 amide bonds. The van der Waals surface area contributed by atoms with E-state index in [-0.39, 0.29) is 11.1 Å². The number of hydrogen-bond donors (Lipinski definition) is 0. The summed E-state index contributed by atoms with van der Waals surface area (Å²) < 4.78 is 5.78. The highest BCUT2D eigenvalue weighted by Crippen LogP contribution is 2.28. The second-order valence-electron chi connectivity index (χ2n) is 7.09. The van der Waals surface area contributed by atoms with Crippen molar-refractivity contribution in [3.8, 4) is 0 Å². The molecule has 0 atom stereocenters. The third-order valence-corrected chi connectivity index (χ3v) is 5.32. The second-order valence-corrected chi connectivity index (χ2v) is 7.09. The van der Waals surface area contributed by atoms with Crippen LogP contribution in [0, 0.1) is 5.92 Å². The van der Waals surface area contributed by atoms with Gasteiger partial charge in [0.05, 0.1) is 17.0 Å². The molecule has 146 valence electrons. The highest BCUT2D eigenvalue weighted by atomic mass is 16.7. The second kappa shape index (κ2) is 6.73. The molecule has 3 heterocycles. The summed E-state index contributed by atoms with van der Waals surface area (Å²) in [6.07, 6.45) is 1.03. The highest BCUT2D eigenvalue weighted by Gasteiger charge is 2.40. The first kappa shape index (κ1) is 17.4. The topological polar surface area (TPSA) is 93.0 Å². The zero-order valence-electron chi connectivity index (χ0n) is 15.4. The maximum absolute atomic E-state index is 12.6. The molecule has 2 aliphatic rings. The van der Waals surface area contributed by atoms with E-state index in [0.29, 0.717) is 37.0 Å². The van der Waals surface area contributed by atoms with Crippen LogP contribution in [0.4, 0.5) is 6.01 Å². The number of carbonyl (C=O) groups excluding carboxylic acids is 3. The molecule has 1 saturated heterocycles. The number of hydrogen-bond acceptors (Lipinski definition) is 7. The fourth-order valence-corrected chi connectivity index (χ4v) is 3.72. The van der Waals surface area contributed by atoms with Gasteiger partial charge in [-0.05, 0) is 37.1 Å². The number of para-hydroxylation sites is 2. The number of oxazole rings is 1. The largest absolute Gasteiger partial charge is 0.423 e. The van der Waals surface area contributed by atoms with Crippen LogP contribution in [0.3, 0.4) is 0 Å². The van der Waals surface area contributed by atoms with Gasteiger partial charge in [0, 0.05) is 13.1 Å². The monoisotopic (exact) mass is 391 g/mol. The fraction of sp³-hybridized carbons (Fsp3) is 0.238. The fourth-order valence-electron chi connectivity index (χ4n) is 3.72. The average Bonchev–Trinajstić information content (AvgIpc) is 3.29. The first-order valence-electron chi connectivity index (χ1n) is 9.42. The quantitative estimate of drug-likeness (QED) is 0.634. The summed E-state index contributed by atoms with van der Waals surface area (Å²) in [4.78, 5) is 48.9. The lowest BCUT2D eigenvalue weighted by Crippen LogP contribution is -2.40. The van der Waals surface area contributed by atoms with Gasteiger partial charge in [0.1, 0.15) is 5.52 Å². The smallest absolute Gasteiger partial charge is 0.336 e. The van der Waals surface area contributed by atoms with Crippen molar-refractivity contribution in [1.29, 1.82) is 0 Å². The Morgan fingerprint density at radius 2 is 1.59 bits per heavy atom. The summed E-state index contributed by atoms with van der Waals surface area (Å²) >= 11 is 0. The Morgan fingerprint density at radius 1 is 0.966 bits per heavy atom. The summed E-state index contributed by atoms with van der Waals surface area (Å²) in [5.74, 6) is -2.19. The molecular weight excluding hydrogens is 374 g/mol. The van der Waals surface area contributed by atoms with Gasteiger partial charge >= 0.3 is 5.97 Å². The molecule has 0 N–H and O–H groups in total. The SMILES string of the molecule is O=C(ON1C(=O)c2ccccc2C1=O)C1CCN(c2nc3ccccc3o2)CC1. The van der Waals surface area contributed by atoms with Gasteiger partial charge < -0.3 is 14.2 Å². The summed E-state index contributed by atoms with van der Waals surface area (Å²) in [6.45, 7) is 1.13. The standard InChI is InChI=1S/C21H17N3O5/c25-18-14-5-1-2-6-15(14)19(26)24(18)29-20(27)13-9-11-23(12-10-13)21-22-16-7-3-4-8-17(16)28-21/h1-8,13H,9-12H2. The number of carbonyl (C=O) groups is 3. The van der Waals surface area contributed by atoms with E-state index < -0.39 is 23.7 Å². The molecular formula is C21H17N3O5. The first-order chi connectivity index (χ1) is 14.1. The van der Waals surface area contributed by atoms with Crippen molar-refractivity contribution >= 4 is 34.9 Å². The molecule has 0 unspecified atom stereocenters. The van der Waals surface area contributed by atoms with Crippen molar-refractivity contribution in [3.63, 3.8) is 0 Å². The third-order valence-electron chi connectivity index (χ3n) is 5.32. The number of aromatic nitrogens is 1. The zero-order chi connectivity index (χ0) is 20.0. The average molecular weight is 391 g/mol. The van der Waals surface area contributed by atoms with Gasteiger partial charge in [0.25, 0.3) is 17.8 Å². The van der Waals surface area contributed by atoms with E-state index in [4.69, 9.17) is 9.25 Å².